The maximum absolute atomic E-state index is 10.4. The molecule has 0 amide bonds. The lowest BCUT2D eigenvalue weighted by molar-refractivity contribution is -0.0288. The van der Waals surface area contributed by atoms with Crippen LogP contribution in [0.15, 0.2) is 64.8 Å². The minimum Gasteiger partial charge on any atom is -0.358 e. The molecule has 0 spiro atoms. The summed E-state index contributed by atoms with van der Waals surface area (Å²) in [5, 5.41) is 20.9. The van der Waals surface area contributed by atoms with E-state index in [2.05, 4.69) is 21.3 Å². The van der Waals surface area contributed by atoms with E-state index < -0.39 is 6.04 Å². The molecule has 0 fully saturated rings. The van der Waals surface area contributed by atoms with Gasteiger partial charge in [-0.25, -0.2) is 5.06 Å². The normalized spacial score (nSPS) is 17.6. The average Bonchev–Trinajstić information content (AvgIpc) is 2.91. The van der Waals surface area contributed by atoms with Crippen molar-refractivity contribution in [2.75, 3.05) is 0 Å². The number of rotatable bonds is 2. The zero-order chi connectivity index (χ0) is 15.8. The van der Waals surface area contributed by atoms with Gasteiger partial charge in [0.25, 0.3) is 0 Å². The molecule has 3 aromatic rings. The van der Waals surface area contributed by atoms with Crippen LogP contribution in [0.5, 0.6) is 0 Å². The molecule has 5 heteroatoms. The number of hydrogen-bond donors (Lipinski definition) is 2. The van der Waals surface area contributed by atoms with Crippen molar-refractivity contribution in [3.63, 3.8) is 0 Å². The quantitative estimate of drug-likeness (QED) is 0.759. The first kappa shape index (κ1) is 13.7. The molecule has 1 aromatic heterocycles. The summed E-state index contributed by atoms with van der Waals surface area (Å²) in [4.78, 5) is 3.38. The molecule has 0 unspecified atom stereocenters. The summed E-state index contributed by atoms with van der Waals surface area (Å²) in [6.07, 6.45) is 1.35. The highest BCUT2D eigenvalue weighted by atomic mass is 16.5. The minimum atomic E-state index is -0.397. The number of nitrogens with one attached hydrogen (secondary N) is 1. The fourth-order valence-corrected chi connectivity index (χ4v) is 3.13. The largest absolute Gasteiger partial charge is 0.358 e. The predicted molar refractivity (Wildman–Crippen MR) is 90.9 cm³/mol. The maximum atomic E-state index is 10.4. The Morgan fingerprint density at radius 3 is 2.61 bits per heavy atom. The predicted octanol–water partition coefficient (Wildman–Crippen LogP) is 3.65. The average molecular weight is 304 g/mol. The van der Waals surface area contributed by atoms with Crippen molar-refractivity contribution < 1.29 is 5.21 Å². The van der Waals surface area contributed by atoms with Gasteiger partial charge in [-0.05, 0) is 13.0 Å². The van der Waals surface area contributed by atoms with Crippen molar-refractivity contribution >= 4 is 23.0 Å². The van der Waals surface area contributed by atoms with Crippen molar-refractivity contribution in [2.24, 2.45) is 10.2 Å². The Morgan fingerprint density at radius 2 is 1.78 bits per heavy atom. The number of para-hydroxylation sites is 1. The first-order valence-corrected chi connectivity index (χ1v) is 7.46. The summed E-state index contributed by atoms with van der Waals surface area (Å²) in [6.45, 7) is 2.01. The second-order valence-electron chi connectivity index (χ2n) is 5.57. The number of aromatic nitrogens is 1. The molecule has 0 saturated heterocycles. The lowest BCUT2D eigenvalue weighted by Gasteiger charge is -2.28. The van der Waals surface area contributed by atoms with Crippen LogP contribution in [0.25, 0.3) is 10.9 Å². The van der Waals surface area contributed by atoms with E-state index in [-0.39, 0.29) is 0 Å². The molecule has 0 radical (unpaired) electrons. The van der Waals surface area contributed by atoms with Crippen molar-refractivity contribution in [3.8, 4) is 0 Å². The molecule has 2 aromatic carbocycles. The number of nitrogens with zero attached hydrogens (tertiary/aromatic N) is 3. The molecule has 23 heavy (non-hydrogen) atoms. The van der Waals surface area contributed by atoms with Gasteiger partial charge in [-0.3, -0.25) is 5.21 Å². The van der Waals surface area contributed by atoms with E-state index in [0.717, 1.165) is 38.5 Å². The van der Waals surface area contributed by atoms with E-state index in [0.29, 0.717) is 0 Å². The topological polar surface area (TPSA) is 64.0 Å². The molecule has 114 valence electrons. The van der Waals surface area contributed by atoms with E-state index >= 15 is 0 Å². The zero-order valence-corrected chi connectivity index (χ0v) is 12.6. The van der Waals surface area contributed by atoms with Gasteiger partial charge in [-0.15, -0.1) is 5.10 Å². The third kappa shape index (κ3) is 2.22. The number of H-pyrrole nitrogens is 1. The Balaban J connectivity index is 1.92. The van der Waals surface area contributed by atoms with E-state index in [4.69, 9.17) is 0 Å². The third-order valence-corrected chi connectivity index (χ3v) is 4.15. The van der Waals surface area contributed by atoms with Crippen LogP contribution in [0.3, 0.4) is 0 Å². The number of aromatic amines is 1. The molecule has 0 saturated carbocycles. The molecule has 4 rings (SSSR count). The van der Waals surface area contributed by atoms with Crippen LogP contribution in [-0.4, -0.2) is 27.3 Å². The van der Waals surface area contributed by atoms with Crippen molar-refractivity contribution in [1.29, 1.82) is 0 Å². The molecule has 0 aliphatic carbocycles. The van der Waals surface area contributed by atoms with E-state index in [1.165, 1.54) is 6.34 Å². The fraction of sp³-hybridized carbons (Fsp3) is 0.111. The Hall–Kier alpha value is -2.92. The van der Waals surface area contributed by atoms with Gasteiger partial charge in [0.2, 0.25) is 0 Å². The van der Waals surface area contributed by atoms with Gasteiger partial charge in [-0.2, -0.15) is 5.10 Å². The standard InChI is InChI=1S/C18H16N4O/c1-12-16(14-9-5-6-10-15(14)20-12)18-17(21-19-11-22(18)23)13-7-3-2-4-8-13/h2-11,18,20,23H,1H3/t18-/m0/s1. The van der Waals surface area contributed by atoms with Crippen molar-refractivity contribution in [2.45, 2.75) is 13.0 Å². The number of hydrogen-bond acceptors (Lipinski definition) is 4. The summed E-state index contributed by atoms with van der Waals surface area (Å²) >= 11 is 0. The SMILES string of the molecule is Cc1[nH]c2ccccc2c1[C@H]1C(c2ccccc2)=NN=CN1O. The molecule has 5 nitrogen and oxygen atoms in total. The maximum Gasteiger partial charge on any atom is 0.139 e. The first-order chi connectivity index (χ1) is 11.3. The molecule has 2 heterocycles. The van der Waals surface area contributed by atoms with Gasteiger partial charge in [0.1, 0.15) is 18.1 Å². The highest BCUT2D eigenvalue weighted by Gasteiger charge is 2.31. The van der Waals surface area contributed by atoms with Gasteiger partial charge in [0, 0.05) is 27.7 Å². The Labute approximate surface area is 133 Å². The molecule has 2 N–H and O–H groups in total. The highest BCUT2D eigenvalue weighted by Crippen LogP contribution is 2.34. The Bertz CT molecular complexity index is 911. The van der Waals surface area contributed by atoms with Crippen LogP contribution >= 0.6 is 0 Å². The second-order valence-corrected chi connectivity index (χ2v) is 5.57. The number of hydroxylamine groups is 2. The lowest BCUT2D eigenvalue weighted by Crippen LogP contribution is -2.33. The van der Waals surface area contributed by atoms with E-state index in [9.17, 15) is 5.21 Å². The minimum absolute atomic E-state index is 0.397. The summed E-state index contributed by atoms with van der Waals surface area (Å²) in [5.74, 6) is 0. The first-order valence-electron chi connectivity index (χ1n) is 7.46. The Kier molecular flexibility index (Phi) is 3.20. The smallest absolute Gasteiger partial charge is 0.139 e. The number of fused-ring (bicyclic) bond motifs is 1. The van der Waals surface area contributed by atoms with Crippen molar-refractivity contribution in [3.05, 3.63) is 71.4 Å². The van der Waals surface area contributed by atoms with Crippen molar-refractivity contribution in [1.82, 2.24) is 10.0 Å². The zero-order valence-electron chi connectivity index (χ0n) is 12.6. The van der Waals surface area contributed by atoms with Gasteiger partial charge < -0.3 is 4.98 Å². The summed E-state index contributed by atoms with van der Waals surface area (Å²) in [6, 6.07) is 17.5. The number of benzene rings is 2. The molecule has 1 atom stereocenters. The Morgan fingerprint density at radius 1 is 1.04 bits per heavy atom. The van der Waals surface area contributed by atoms with Crippen LogP contribution in [0, 0.1) is 6.92 Å². The van der Waals surface area contributed by atoms with Crippen LogP contribution in [0.4, 0.5) is 0 Å². The van der Waals surface area contributed by atoms with Crippen LogP contribution in [-0.2, 0) is 0 Å². The van der Waals surface area contributed by atoms with E-state index in [1.54, 1.807) is 0 Å². The van der Waals surface area contributed by atoms with Gasteiger partial charge >= 0.3 is 0 Å². The molecular formula is C18H16N4O. The molecule has 0 bridgehead atoms. The third-order valence-electron chi connectivity index (χ3n) is 4.15. The molecular weight excluding hydrogens is 288 g/mol. The molecule has 1 aliphatic rings. The highest BCUT2D eigenvalue weighted by molar-refractivity contribution is 6.08. The second kappa shape index (κ2) is 5.37. The summed E-state index contributed by atoms with van der Waals surface area (Å²) in [5.41, 5.74) is 4.73. The summed E-state index contributed by atoms with van der Waals surface area (Å²) < 4.78 is 0. The van der Waals surface area contributed by atoms with Gasteiger partial charge in [0.05, 0.1) is 0 Å². The van der Waals surface area contributed by atoms with E-state index in [1.807, 2.05) is 55.5 Å². The monoisotopic (exact) mass is 304 g/mol. The molecule has 1 aliphatic heterocycles. The van der Waals surface area contributed by atoms with Crippen LogP contribution in [0.1, 0.15) is 22.9 Å². The van der Waals surface area contributed by atoms with Gasteiger partial charge in [-0.1, -0.05) is 48.5 Å². The van der Waals surface area contributed by atoms with Crippen LogP contribution in [0.2, 0.25) is 0 Å². The lowest BCUT2D eigenvalue weighted by atomic mass is 9.94. The van der Waals surface area contributed by atoms with Crippen LogP contribution < -0.4 is 0 Å². The number of aryl methyl sites for hydroxylation is 1. The summed E-state index contributed by atoms with van der Waals surface area (Å²) in [7, 11) is 0. The fourth-order valence-electron chi connectivity index (χ4n) is 3.13. The van der Waals surface area contributed by atoms with Gasteiger partial charge in [0.15, 0.2) is 0 Å².